The highest BCUT2D eigenvalue weighted by Gasteiger charge is 2.22. The summed E-state index contributed by atoms with van der Waals surface area (Å²) in [5.74, 6) is 0.817. The van der Waals surface area contributed by atoms with Crippen LogP contribution in [0.25, 0.3) is 0 Å². The molecule has 0 aliphatic heterocycles. The summed E-state index contributed by atoms with van der Waals surface area (Å²) in [5.41, 5.74) is 0.921. The lowest BCUT2D eigenvalue weighted by Crippen LogP contribution is -2.25. The van der Waals surface area contributed by atoms with Crippen molar-refractivity contribution in [3.63, 3.8) is 0 Å². The molecule has 0 bridgehead atoms. The van der Waals surface area contributed by atoms with Crippen LogP contribution in [0, 0.1) is 5.41 Å². The Morgan fingerprint density at radius 3 is 2.36 bits per heavy atom. The first-order chi connectivity index (χ1) is 5.08. The maximum Gasteiger partial charge on any atom is 0.0725 e. The second kappa shape index (κ2) is 4.65. The Morgan fingerprint density at radius 2 is 2.09 bits per heavy atom. The van der Waals surface area contributed by atoms with Gasteiger partial charge in [0.25, 0.3) is 0 Å². The molecule has 0 aromatic carbocycles. The number of hydrogen-bond donors (Lipinski definition) is 1. The Kier molecular flexibility index (Phi) is 4.57. The van der Waals surface area contributed by atoms with E-state index in [2.05, 4.69) is 25.9 Å². The van der Waals surface area contributed by atoms with Crippen LogP contribution in [0.5, 0.6) is 0 Å². The van der Waals surface area contributed by atoms with E-state index in [9.17, 15) is 0 Å². The van der Waals surface area contributed by atoms with Crippen LogP contribution in [0.3, 0.4) is 0 Å². The van der Waals surface area contributed by atoms with Crippen molar-refractivity contribution in [2.75, 3.05) is 12.0 Å². The molecule has 0 amide bonds. The van der Waals surface area contributed by atoms with Crippen molar-refractivity contribution in [1.82, 2.24) is 0 Å². The number of oxime groups is 1. The Balaban J connectivity index is 4.25. The lowest BCUT2D eigenvalue weighted by molar-refractivity contribution is 0.308. The standard InChI is InChI=1S/C8H17NOS/c1-5-8(2,3)7(9-10)6-11-4/h10H,5-6H2,1-4H3. The molecule has 0 fully saturated rings. The Bertz CT molecular complexity index is 143. The van der Waals surface area contributed by atoms with Gasteiger partial charge in [0, 0.05) is 11.2 Å². The van der Waals surface area contributed by atoms with E-state index >= 15 is 0 Å². The van der Waals surface area contributed by atoms with Gasteiger partial charge in [-0.15, -0.1) is 0 Å². The van der Waals surface area contributed by atoms with Gasteiger partial charge in [-0.1, -0.05) is 25.9 Å². The predicted molar refractivity (Wildman–Crippen MR) is 51.7 cm³/mol. The first kappa shape index (κ1) is 10.8. The molecular formula is C8H17NOS. The van der Waals surface area contributed by atoms with Crippen molar-refractivity contribution in [2.45, 2.75) is 27.2 Å². The summed E-state index contributed by atoms with van der Waals surface area (Å²) >= 11 is 1.69. The van der Waals surface area contributed by atoms with Gasteiger partial charge in [-0.25, -0.2) is 0 Å². The molecule has 0 aliphatic rings. The minimum Gasteiger partial charge on any atom is -0.411 e. The monoisotopic (exact) mass is 175 g/mol. The van der Waals surface area contributed by atoms with Crippen molar-refractivity contribution in [3.05, 3.63) is 0 Å². The lowest BCUT2D eigenvalue weighted by atomic mass is 9.85. The van der Waals surface area contributed by atoms with Crippen LogP contribution in [0.15, 0.2) is 5.16 Å². The van der Waals surface area contributed by atoms with Crippen LogP contribution in [0.1, 0.15) is 27.2 Å². The van der Waals surface area contributed by atoms with Gasteiger partial charge in [-0.05, 0) is 12.7 Å². The van der Waals surface area contributed by atoms with Gasteiger partial charge in [-0.3, -0.25) is 0 Å². The van der Waals surface area contributed by atoms with E-state index < -0.39 is 0 Å². The van der Waals surface area contributed by atoms with Gasteiger partial charge >= 0.3 is 0 Å². The molecule has 0 spiro atoms. The molecule has 3 heteroatoms. The van der Waals surface area contributed by atoms with Gasteiger partial charge in [0.15, 0.2) is 0 Å². The van der Waals surface area contributed by atoms with Crippen molar-refractivity contribution < 1.29 is 5.21 Å². The summed E-state index contributed by atoms with van der Waals surface area (Å²) in [5, 5.41) is 12.0. The molecule has 0 aromatic rings. The highest BCUT2D eigenvalue weighted by atomic mass is 32.2. The van der Waals surface area contributed by atoms with Crippen LogP contribution >= 0.6 is 11.8 Å². The largest absolute Gasteiger partial charge is 0.411 e. The molecular weight excluding hydrogens is 158 g/mol. The maximum absolute atomic E-state index is 8.70. The molecule has 2 nitrogen and oxygen atoms in total. The second-order valence-corrected chi connectivity index (χ2v) is 4.08. The summed E-state index contributed by atoms with van der Waals surface area (Å²) in [6.45, 7) is 6.29. The zero-order chi connectivity index (χ0) is 8.91. The van der Waals surface area contributed by atoms with Crippen LogP contribution in [-0.4, -0.2) is 22.9 Å². The molecule has 0 aromatic heterocycles. The van der Waals surface area contributed by atoms with Gasteiger partial charge in [0.1, 0.15) is 0 Å². The second-order valence-electron chi connectivity index (χ2n) is 3.22. The van der Waals surface area contributed by atoms with E-state index in [4.69, 9.17) is 5.21 Å². The van der Waals surface area contributed by atoms with E-state index in [1.807, 2.05) is 6.26 Å². The zero-order valence-corrected chi connectivity index (χ0v) is 8.53. The van der Waals surface area contributed by atoms with Gasteiger partial charge in [-0.2, -0.15) is 11.8 Å². The van der Waals surface area contributed by atoms with Crippen LogP contribution < -0.4 is 0 Å². The fraction of sp³-hybridized carbons (Fsp3) is 0.875. The molecule has 0 saturated carbocycles. The zero-order valence-electron chi connectivity index (χ0n) is 7.72. The predicted octanol–water partition coefficient (Wildman–Crippen LogP) is 2.62. The Morgan fingerprint density at radius 1 is 1.55 bits per heavy atom. The Labute approximate surface area is 73.1 Å². The number of hydrogen-bond acceptors (Lipinski definition) is 3. The molecule has 66 valence electrons. The van der Waals surface area contributed by atoms with E-state index in [1.54, 1.807) is 11.8 Å². The minimum absolute atomic E-state index is 0.0394. The molecule has 0 saturated heterocycles. The number of thioether (sulfide) groups is 1. The van der Waals surface area contributed by atoms with Crippen molar-refractivity contribution in [3.8, 4) is 0 Å². The normalized spacial score (nSPS) is 13.6. The Hall–Kier alpha value is -0.180. The molecule has 0 atom stereocenters. The fourth-order valence-corrected chi connectivity index (χ4v) is 1.42. The van der Waals surface area contributed by atoms with E-state index in [-0.39, 0.29) is 5.41 Å². The maximum atomic E-state index is 8.70. The number of nitrogens with zero attached hydrogens (tertiary/aromatic N) is 1. The third kappa shape index (κ3) is 3.14. The highest BCUT2D eigenvalue weighted by molar-refractivity contribution is 7.99. The minimum atomic E-state index is 0.0394. The van der Waals surface area contributed by atoms with Gasteiger partial charge in [0.2, 0.25) is 0 Å². The molecule has 0 heterocycles. The van der Waals surface area contributed by atoms with Crippen LogP contribution in [-0.2, 0) is 0 Å². The van der Waals surface area contributed by atoms with Gasteiger partial charge in [0.05, 0.1) is 5.71 Å². The van der Waals surface area contributed by atoms with Crippen LogP contribution in [0.2, 0.25) is 0 Å². The first-order valence-corrected chi connectivity index (χ1v) is 5.18. The highest BCUT2D eigenvalue weighted by Crippen LogP contribution is 2.23. The number of rotatable bonds is 4. The summed E-state index contributed by atoms with van der Waals surface area (Å²) in [6.07, 6.45) is 3.02. The van der Waals surface area contributed by atoms with Crippen molar-refractivity contribution in [2.24, 2.45) is 10.6 Å². The topological polar surface area (TPSA) is 32.6 Å². The molecule has 0 rings (SSSR count). The molecule has 0 unspecified atom stereocenters. The smallest absolute Gasteiger partial charge is 0.0725 e. The third-order valence-corrected chi connectivity index (χ3v) is 2.63. The lowest BCUT2D eigenvalue weighted by Gasteiger charge is -2.22. The SMILES string of the molecule is CCC(C)(C)C(CSC)=NO. The quantitative estimate of drug-likeness (QED) is 0.405. The molecule has 0 aliphatic carbocycles. The summed E-state index contributed by atoms with van der Waals surface area (Å²) in [4.78, 5) is 0. The van der Waals surface area contributed by atoms with E-state index in [0.717, 1.165) is 17.9 Å². The van der Waals surface area contributed by atoms with Crippen molar-refractivity contribution >= 4 is 17.5 Å². The summed E-state index contributed by atoms with van der Waals surface area (Å²) in [7, 11) is 0. The van der Waals surface area contributed by atoms with E-state index in [1.165, 1.54) is 0 Å². The van der Waals surface area contributed by atoms with Gasteiger partial charge < -0.3 is 5.21 Å². The summed E-state index contributed by atoms with van der Waals surface area (Å²) < 4.78 is 0. The fourth-order valence-electron chi connectivity index (χ4n) is 0.700. The average Bonchev–Trinajstić information content (AvgIpc) is 2.00. The molecule has 11 heavy (non-hydrogen) atoms. The van der Waals surface area contributed by atoms with Crippen molar-refractivity contribution in [1.29, 1.82) is 0 Å². The first-order valence-electron chi connectivity index (χ1n) is 3.78. The van der Waals surface area contributed by atoms with E-state index in [0.29, 0.717) is 0 Å². The summed E-state index contributed by atoms with van der Waals surface area (Å²) in [6, 6.07) is 0. The van der Waals surface area contributed by atoms with Crippen LogP contribution in [0.4, 0.5) is 0 Å². The molecule has 0 radical (unpaired) electrons. The third-order valence-electron chi connectivity index (χ3n) is 2.07. The molecule has 1 N–H and O–H groups in total. The average molecular weight is 175 g/mol.